The number of esters is 1. The second-order valence-electron chi connectivity index (χ2n) is 14.9. The average Bonchev–Trinajstić information content (AvgIpc) is 3.74. The Bertz CT molecular complexity index is 1510. The van der Waals surface area contributed by atoms with Gasteiger partial charge in [0.25, 0.3) is 0 Å². The predicted molar refractivity (Wildman–Crippen MR) is 185 cm³/mol. The standard InChI is InChI=1S/C37H55F5N4O7/c1-11-21(4)37(24(51-9)15-19-47,45(8)36(20(2)3,34(43)50)33(49)35(6)16-13-17-44(35)7)46-18-12-14-23(46)30(52-10)22(5)32(48)53-31-28(41)26(39)25(38)27(40)29(31)42/h19-24,30H,11-18H2,1-10H3,(H2,43,50)/t21-,22+,23-,24+,30+,35+,36+,37-/m0/s1. The quantitative estimate of drug-likeness (QED) is 0.0430. The number of nitrogens with zero attached hydrogens (tertiary/aromatic N) is 3. The van der Waals surface area contributed by atoms with Gasteiger partial charge in [-0.25, -0.2) is 13.2 Å². The molecule has 53 heavy (non-hydrogen) atoms. The highest BCUT2D eigenvalue weighted by atomic mass is 19.2. The Balaban J connectivity index is 2.30. The van der Waals surface area contributed by atoms with E-state index in [4.69, 9.17) is 19.9 Å². The van der Waals surface area contributed by atoms with Gasteiger partial charge in [0.15, 0.2) is 11.3 Å². The smallest absolute Gasteiger partial charge is 0.316 e. The van der Waals surface area contributed by atoms with E-state index >= 15 is 4.79 Å². The summed E-state index contributed by atoms with van der Waals surface area (Å²) < 4.78 is 87.7. The van der Waals surface area contributed by atoms with E-state index in [9.17, 15) is 36.3 Å². The van der Waals surface area contributed by atoms with E-state index in [2.05, 4.69) is 0 Å². The Morgan fingerprint density at radius 2 is 1.55 bits per heavy atom. The Morgan fingerprint density at radius 3 is 1.98 bits per heavy atom. The molecule has 1 aromatic rings. The highest BCUT2D eigenvalue weighted by molar-refractivity contribution is 6.14. The lowest BCUT2D eigenvalue weighted by atomic mass is 9.68. The molecule has 0 radical (unpaired) electrons. The van der Waals surface area contributed by atoms with E-state index in [1.165, 1.54) is 21.1 Å². The first-order valence-electron chi connectivity index (χ1n) is 18.0. The fourth-order valence-electron chi connectivity index (χ4n) is 9.07. The molecule has 16 heteroatoms. The number of aldehydes is 1. The molecule has 11 nitrogen and oxygen atoms in total. The first kappa shape index (κ1) is 44.3. The third-order valence-corrected chi connectivity index (χ3v) is 12.2. The number of amides is 1. The molecule has 8 atom stereocenters. The molecule has 1 aromatic carbocycles. The molecule has 1 amide bonds. The molecule has 0 aliphatic carbocycles. The number of hydrogen-bond acceptors (Lipinski definition) is 10. The van der Waals surface area contributed by atoms with Crippen molar-refractivity contribution in [3.63, 3.8) is 0 Å². The number of benzene rings is 1. The number of rotatable bonds is 18. The number of ketones is 1. The molecular formula is C37H55F5N4O7. The van der Waals surface area contributed by atoms with E-state index in [-0.39, 0.29) is 13.0 Å². The number of halogens is 5. The number of carbonyl (C=O) groups excluding carboxylic acids is 4. The summed E-state index contributed by atoms with van der Waals surface area (Å²) in [7, 11) is 6.15. The summed E-state index contributed by atoms with van der Waals surface area (Å²) in [5, 5.41) is 0. The summed E-state index contributed by atoms with van der Waals surface area (Å²) in [5.74, 6) is -18.5. The maximum atomic E-state index is 15.2. The second-order valence-corrected chi connectivity index (χ2v) is 14.9. The second kappa shape index (κ2) is 17.2. The van der Waals surface area contributed by atoms with Crippen molar-refractivity contribution in [1.82, 2.24) is 14.7 Å². The van der Waals surface area contributed by atoms with Gasteiger partial charge in [0.05, 0.1) is 23.7 Å². The maximum Gasteiger partial charge on any atom is 0.316 e. The lowest BCUT2D eigenvalue weighted by Gasteiger charge is -2.62. The molecular weight excluding hydrogens is 707 g/mol. The van der Waals surface area contributed by atoms with Crippen LogP contribution in [-0.2, 0) is 28.7 Å². The Hall–Kier alpha value is -3.05. The largest absolute Gasteiger partial charge is 0.420 e. The number of carbonyl (C=O) groups is 4. The van der Waals surface area contributed by atoms with Gasteiger partial charge in [-0.15, -0.1) is 0 Å². The fraction of sp³-hybridized carbons (Fsp3) is 0.730. The van der Waals surface area contributed by atoms with Crippen molar-refractivity contribution in [1.29, 1.82) is 0 Å². The molecule has 2 aliphatic heterocycles. The third kappa shape index (κ3) is 7.14. The normalized spacial score (nSPS) is 24.4. The lowest BCUT2D eigenvalue weighted by Crippen LogP contribution is -2.82. The summed E-state index contributed by atoms with van der Waals surface area (Å²) in [6.45, 7) is 11.3. The molecule has 2 aliphatic rings. The van der Waals surface area contributed by atoms with Gasteiger partial charge in [-0.3, -0.25) is 29.1 Å². The molecule has 0 spiro atoms. The van der Waals surface area contributed by atoms with Gasteiger partial charge in [-0.05, 0) is 72.0 Å². The number of nitrogens with two attached hydrogens (primary N) is 1. The van der Waals surface area contributed by atoms with Crippen LogP contribution in [-0.4, -0.2) is 115 Å². The van der Waals surface area contributed by atoms with Crippen LogP contribution in [0, 0.1) is 46.8 Å². The van der Waals surface area contributed by atoms with Crippen LogP contribution in [0.2, 0.25) is 0 Å². The summed E-state index contributed by atoms with van der Waals surface area (Å²) in [6.07, 6.45) is 0.826. The van der Waals surface area contributed by atoms with Crippen molar-refractivity contribution in [2.45, 2.75) is 115 Å². The number of likely N-dealkylation sites (tertiary alicyclic amines) is 2. The summed E-state index contributed by atoms with van der Waals surface area (Å²) in [6, 6.07) is -0.766. The van der Waals surface area contributed by atoms with Crippen molar-refractivity contribution < 1.29 is 55.3 Å². The molecule has 0 aromatic heterocycles. The number of Topliss-reactive ketones (excluding diaryl/α,β-unsaturated/α-hetero) is 1. The van der Waals surface area contributed by atoms with Crippen molar-refractivity contribution in [3.8, 4) is 5.75 Å². The number of hydrogen-bond donors (Lipinski definition) is 1. The first-order valence-corrected chi connectivity index (χ1v) is 18.0. The van der Waals surface area contributed by atoms with Crippen LogP contribution in [0.25, 0.3) is 0 Å². The van der Waals surface area contributed by atoms with Gasteiger partial charge in [0.1, 0.15) is 11.9 Å². The minimum Gasteiger partial charge on any atom is -0.420 e. The summed E-state index contributed by atoms with van der Waals surface area (Å²) >= 11 is 0. The van der Waals surface area contributed by atoms with E-state index in [1.807, 2.05) is 30.7 Å². The van der Waals surface area contributed by atoms with Gasteiger partial charge in [0, 0.05) is 33.2 Å². The van der Waals surface area contributed by atoms with E-state index < -0.39 is 105 Å². The molecule has 3 rings (SSSR count). The van der Waals surface area contributed by atoms with Crippen LogP contribution >= 0.6 is 0 Å². The molecule has 2 heterocycles. The van der Waals surface area contributed by atoms with Crippen molar-refractivity contribution in [2.24, 2.45) is 23.5 Å². The molecule has 2 saturated heterocycles. The summed E-state index contributed by atoms with van der Waals surface area (Å²) in [4.78, 5) is 60.8. The van der Waals surface area contributed by atoms with Crippen LogP contribution in [0.5, 0.6) is 5.75 Å². The minimum absolute atomic E-state index is 0.178. The monoisotopic (exact) mass is 762 g/mol. The van der Waals surface area contributed by atoms with Crippen molar-refractivity contribution >= 4 is 23.9 Å². The zero-order valence-corrected chi connectivity index (χ0v) is 32.4. The minimum atomic E-state index is -2.40. The highest BCUT2D eigenvalue weighted by Gasteiger charge is 2.67. The zero-order chi connectivity index (χ0) is 40.4. The number of methoxy groups -OCH3 is 2. The topological polar surface area (TPSA) is 132 Å². The van der Waals surface area contributed by atoms with Gasteiger partial charge >= 0.3 is 5.97 Å². The lowest BCUT2D eigenvalue weighted by molar-refractivity contribution is -0.221. The van der Waals surface area contributed by atoms with Gasteiger partial charge in [0.2, 0.25) is 40.7 Å². The van der Waals surface area contributed by atoms with E-state index in [1.54, 1.807) is 32.7 Å². The SMILES string of the molecule is CC[C@H](C)[C@@]([C@@H](CC=O)OC)(N1CCC[C@H]1[C@H](OC)[C@@H](C)C(=O)Oc1c(F)c(F)c(F)c(F)c1F)N(C)[C@@](C(N)=O)(C(=O)[C@@]1(C)CCCN1C)C(C)C. The highest BCUT2D eigenvalue weighted by Crippen LogP contribution is 2.49. The van der Waals surface area contributed by atoms with Crippen molar-refractivity contribution in [3.05, 3.63) is 29.1 Å². The summed E-state index contributed by atoms with van der Waals surface area (Å²) in [5.41, 5.74) is 1.84. The molecule has 0 saturated carbocycles. The number of ether oxygens (including phenoxy) is 3. The number of primary amides is 1. The Morgan fingerprint density at radius 1 is 0.981 bits per heavy atom. The Kier molecular flexibility index (Phi) is 14.4. The van der Waals surface area contributed by atoms with Crippen molar-refractivity contribution in [2.75, 3.05) is 41.4 Å². The van der Waals surface area contributed by atoms with Crippen LogP contribution in [0.1, 0.15) is 80.1 Å². The van der Waals surface area contributed by atoms with E-state index in [0.29, 0.717) is 44.9 Å². The fourth-order valence-corrected chi connectivity index (χ4v) is 9.07. The number of likely N-dealkylation sites (N-methyl/N-ethyl adjacent to an activating group) is 2. The molecule has 0 unspecified atom stereocenters. The third-order valence-electron chi connectivity index (χ3n) is 12.2. The molecule has 300 valence electrons. The van der Waals surface area contributed by atoms with Crippen LogP contribution in [0.15, 0.2) is 0 Å². The maximum absolute atomic E-state index is 15.2. The van der Waals surface area contributed by atoms with Gasteiger partial charge < -0.3 is 24.7 Å². The van der Waals surface area contributed by atoms with Gasteiger partial charge in [-0.1, -0.05) is 34.1 Å². The molecule has 0 bridgehead atoms. The zero-order valence-electron chi connectivity index (χ0n) is 32.4. The molecule has 2 fully saturated rings. The van der Waals surface area contributed by atoms with Crippen LogP contribution < -0.4 is 10.5 Å². The molecule has 2 N–H and O–H groups in total. The Labute approximate surface area is 308 Å². The van der Waals surface area contributed by atoms with Crippen LogP contribution in [0.3, 0.4) is 0 Å². The van der Waals surface area contributed by atoms with Gasteiger partial charge in [-0.2, -0.15) is 8.78 Å². The van der Waals surface area contributed by atoms with E-state index in [0.717, 1.165) is 0 Å². The predicted octanol–water partition coefficient (Wildman–Crippen LogP) is 4.61. The van der Waals surface area contributed by atoms with Crippen LogP contribution in [0.4, 0.5) is 22.0 Å². The first-order chi connectivity index (χ1) is 24.7. The average molecular weight is 763 g/mol.